The van der Waals surface area contributed by atoms with Crippen LogP contribution in [0.1, 0.15) is 30.9 Å². The summed E-state index contributed by atoms with van der Waals surface area (Å²) < 4.78 is 14.3. The second-order valence-corrected chi connectivity index (χ2v) is 5.28. The molecule has 1 amide bonds. The summed E-state index contributed by atoms with van der Waals surface area (Å²) in [4.78, 5) is 13.3. The third-order valence-electron chi connectivity index (χ3n) is 4.09. The Bertz CT molecular complexity index is 545. The van der Waals surface area contributed by atoms with Crippen molar-refractivity contribution < 1.29 is 19.4 Å². The highest BCUT2D eigenvalue weighted by molar-refractivity contribution is 6.02. The van der Waals surface area contributed by atoms with E-state index in [-0.39, 0.29) is 18.2 Å². The number of hydrogen-bond donors (Lipinski definition) is 3. The first-order chi connectivity index (χ1) is 9.61. The molecule has 1 fully saturated rings. The molecule has 5 nitrogen and oxygen atoms in total. The van der Waals surface area contributed by atoms with Gasteiger partial charge in [-0.15, -0.1) is 0 Å². The van der Waals surface area contributed by atoms with E-state index in [1.54, 1.807) is 6.07 Å². The Labute approximate surface area is 116 Å². The highest BCUT2D eigenvalue weighted by Crippen LogP contribution is 2.38. The van der Waals surface area contributed by atoms with Gasteiger partial charge in [-0.1, -0.05) is 0 Å². The molecule has 2 aliphatic rings. The minimum absolute atomic E-state index is 0.0536. The first-order valence-electron chi connectivity index (χ1n) is 6.81. The van der Waals surface area contributed by atoms with Crippen LogP contribution in [-0.4, -0.2) is 35.3 Å². The maximum Gasteiger partial charge on any atom is 0.257 e. The van der Waals surface area contributed by atoms with Crippen LogP contribution in [0.4, 0.5) is 15.8 Å². The molecule has 1 aliphatic carbocycles. The van der Waals surface area contributed by atoms with Crippen LogP contribution in [0.5, 0.6) is 0 Å². The van der Waals surface area contributed by atoms with Gasteiger partial charge in [0, 0.05) is 23.8 Å². The van der Waals surface area contributed by atoms with E-state index in [9.17, 15) is 14.3 Å². The van der Waals surface area contributed by atoms with E-state index in [1.807, 2.05) is 4.90 Å². The Kier molecular flexibility index (Phi) is 3.35. The lowest BCUT2D eigenvalue weighted by atomic mass is 9.91. The van der Waals surface area contributed by atoms with Crippen LogP contribution in [-0.2, 0) is 4.79 Å². The van der Waals surface area contributed by atoms with Gasteiger partial charge in [0.15, 0.2) is 6.10 Å². The standard InChI is InChI=1S/C14H17FN2O3/c15-10-6-9-11(16-14(20)13(9)19)7-12(10)17(4-5-18)8-2-1-3-8/h6-8,13,18-19H,1-5H2,(H,16,20). The van der Waals surface area contributed by atoms with Crippen molar-refractivity contribution in [3.8, 4) is 0 Å². The number of anilines is 2. The lowest BCUT2D eigenvalue weighted by Gasteiger charge is -2.39. The Morgan fingerprint density at radius 2 is 2.15 bits per heavy atom. The van der Waals surface area contributed by atoms with E-state index >= 15 is 0 Å². The zero-order valence-electron chi connectivity index (χ0n) is 11.0. The molecular formula is C14H17FN2O3. The zero-order chi connectivity index (χ0) is 14.3. The highest BCUT2D eigenvalue weighted by Gasteiger charge is 2.32. The summed E-state index contributed by atoms with van der Waals surface area (Å²) >= 11 is 0. The minimum atomic E-state index is -1.30. The van der Waals surface area contributed by atoms with Crippen molar-refractivity contribution in [2.24, 2.45) is 0 Å². The van der Waals surface area contributed by atoms with Crippen LogP contribution < -0.4 is 10.2 Å². The molecule has 1 aliphatic heterocycles. The van der Waals surface area contributed by atoms with E-state index in [1.165, 1.54) is 6.07 Å². The number of rotatable bonds is 4. The third-order valence-corrected chi connectivity index (χ3v) is 4.09. The number of halogens is 1. The molecule has 0 radical (unpaired) electrons. The van der Waals surface area contributed by atoms with Crippen molar-refractivity contribution in [1.82, 2.24) is 0 Å². The van der Waals surface area contributed by atoms with Gasteiger partial charge < -0.3 is 20.4 Å². The van der Waals surface area contributed by atoms with Gasteiger partial charge in [0.2, 0.25) is 0 Å². The van der Waals surface area contributed by atoms with Crippen LogP contribution in [0.2, 0.25) is 0 Å². The van der Waals surface area contributed by atoms with Crippen LogP contribution >= 0.6 is 0 Å². The smallest absolute Gasteiger partial charge is 0.257 e. The van der Waals surface area contributed by atoms with E-state index in [2.05, 4.69) is 5.32 Å². The molecular weight excluding hydrogens is 263 g/mol. The number of nitrogens with zero attached hydrogens (tertiary/aromatic N) is 1. The summed E-state index contributed by atoms with van der Waals surface area (Å²) in [6.45, 7) is 0.304. The summed E-state index contributed by atoms with van der Waals surface area (Å²) in [5.41, 5.74) is 1.09. The van der Waals surface area contributed by atoms with Crippen LogP contribution in [0, 0.1) is 5.82 Å². The fourth-order valence-corrected chi connectivity index (χ4v) is 2.78. The predicted octanol–water partition coefficient (Wildman–Crippen LogP) is 1.16. The lowest BCUT2D eigenvalue weighted by Crippen LogP contribution is -2.42. The molecule has 3 N–H and O–H groups in total. The molecule has 3 rings (SSSR count). The van der Waals surface area contributed by atoms with Gasteiger partial charge >= 0.3 is 0 Å². The number of fused-ring (bicyclic) bond motifs is 1. The molecule has 20 heavy (non-hydrogen) atoms. The maximum atomic E-state index is 14.3. The van der Waals surface area contributed by atoms with Crippen molar-refractivity contribution in [1.29, 1.82) is 0 Å². The number of aliphatic hydroxyl groups is 2. The number of carbonyl (C=O) groups is 1. The molecule has 1 atom stereocenters. The molecule has 1 saturated carbocycles. The Balaban J connectivity index is 1.97. The van der Waals surface area contributed by atoms with Crippen molar-refractivity contribution in [3.63, 3.8) is 0 Å². The van der Waals surface area contributed by atoms with Crippen molar-refractivity contribution in [2.45, 2.75) is 31.4 Å². The van der Waals surface area contributed by atoms with Gasteiger partial charge in [0.25, 0.3) is 5.91 Å². The van der Waals surface area contributed by atoms with Crippen LogP contribution in [0.25, 0.3) is 0 Å². The minimum Gasteiger partial charge on any atom is -0.395 e. The normalized spacial score (nSPS) is 21.4. The monoisotopic (exact) mass is 280 g/mol. The first kappa shape index (κ1) is 13.3. The van der Waals surface area contributed by atoms with Crippen molar-refractivity contribution >= 4 is 17.3 Å². The number of aliphatic hydroxyl groups excluding tert-OH is 2. The number of carbonyl (C=O) groups excluding carboxylic acids is 1. The Morgan fingerprint density at radius 3 is 2.75 bits per heavy atom. The van der Waals surface area contributed by atoms with E-state index in [0.29, 0.717) is 17.9 Å². The SMILES string of the molecule is O=C1Nc2cc(N(CCO)C3CCC3)c(F)cc2C1O. The summed E-state index contributed by atoms with van der Waals surface area (Å²) in [5, 5.41) is 21.3. The summed E-state index contributed by atoms with van der Waals surface area (Å²) in [6, 6.07) is 2.99. The van der Waals surface area contributed by atoms with Gasteiger partial charge in [0.05, 0.1) is 12.3 Å². The number of nitrogens with one attached hydrogen (secondary N) is 1. The zero-order valence-corrected chi connectivity index (χ0v) is 11.0. The molecule has 108 valence electrons. The molecule has 0 aromatic heterocycles. The van der Waals surface area contributed by atoms with Crippen molar-refractivity contribution in [3.05, 3.63) is 23.5 Å². The summed E-state index contributed by atoms with van der Waals surface area (Å²) in [7, 11) is 0. The van der Waals surface area contributed by atoms with Gasteiger partial charge in [-0.25, -0.2) is 4.39 Å². The fraction of sp³-hybridized carbons (Fsp3) is 0.500. The molecule has 1 unspecified atom stereocenters. The van der Waals surface area contributed by atoms with Gasteiger partial charge in [-0.2, -0.15) is 0 Å². The molecule has 1 aromatic carbocycles. The molecule has 0 spiro atoms. The van der Waals surface area contributed by atoms with Gasteiger partial charge in [-0.05, 0) is 31.4 Å². The van der Waals surface area contributed by atoms with Crippen molar-refractivity contribution in [2.75, 3.05) is 23.4 Å². The topological polar surface area (TPSA) is 72.8 Å². The maximum absolute atomic E-state index is 14.3. The second kappa shape index (κ2) is 5.03. The highest BCUT2D eigenvalue weighted by atomic mass is 19.1. The van der Waals surface area contributed by atoms with E-state index in [4.69, 9.17) is 5.11 Å². The predicted molar refractivity (Wildman–Crippen MR) is 72.1 cm³/mol. The molecule has 6 heteroatoms. The second-order valence-electron chi connectivity index (χ2n) is 5.28. The third kappa shape index (κ3) is 2.05. The largest absolute Gasteiger partial charge is 0.395 e. The summed E-state index contributed by atoms with van der Waals surface area (Å²) in [5.74, 6) is -1.01. The number of benzene rings is 1. The van der Waals surface area contributed by atoms with Crippen LogP contribution in [0.3, 0.4) is 0 Å². The fourth-order valence-electron chi connectivity index (χ4n) is 2.78. The van der Waals surface area contributed by atoms with Gasteiger partial charge in [0.1, 0.15) is 5.82 Å². The Hall–Kier alpha value is -1.66. The summed E-state index contributed by atoms with van der Waals surface area (Å²) in [6.07, 6.45) is 1.76. The lowest BCUT2D eigenvalue weighted by molar-refractivity contribution is -0.123. The first-order valence-corrected chi connectivity index (χ1v) is 6.81. The Morgan fingerprint density at radius 1 is 1.40 bits per heavy atom. The quantitative estimate of drug-likeness (QED) is 0.774. The van der Waals surface area contributed by atoms with Crippen LogP contribution in [0.15, 0.2) is 12.1 Å². The average Bonchev–Trinajstić information content (AvgIpc) is 2.62. The molecule has 1 aromatic rings. The van der Waals surface area contributed by atoms with E-state index < -0.39 is 17.8 Å². The molecule has 0 bridgehead atoms. The number of hydrogen-bond acceptors (Lipinski definition) is 4. The molecule has 1 heterocycles. The number of amides is 1. The van der Waals surface area contributed by atoms with Gasteiger partial charge in [-0.3, -0.25) is 4.79 Å². The average molecular weight is 280 g/mol. The van der Waals surface area contributed by atoms with E-state index in [0.717, 1.165) is 19.3 Å². The molecule has 0 saturated heterocycles.